The Kier molecular flexibility index (Phi) is 3.14. The van der Waals surface area contributed by atoms with Gasteiger partial charge in [0, 0.05) is 23.1 Å². The minimum Gasteiger partial charge on any atom is -0.361 e. The Morgan fingerprint density at radius 1 is 1.26 bits per heavy atom. The fraction of sp³-hybridized carbons (Fsp3) is 0.529. The van der Waals surface area contributed by atoms with Crippen molar-refractivity contribution in [3.8, 4) is 0 Å². The Hall–Kier alpha value is -1.28. The Morgan fingerprint density at radius 2 is 2.11 bits per heavy atom. The first-order valence-electron chi connectivity index (χ1n) is 7.38. The molecule has 2 heterocycles. The molecule has 1 aromatic carbocycles. The van der Waals surface area contributed by atoms with Gasteiger partial charge in [-0.3, -0.25) is 0 Å². The van der Waals surface area contributed by atoms with Crippen LogP contribution in [0.15, 0.2) is 24.4 Å². The minimum absolute atomic E-state index is 0.217. The van der Waals surface area contributed by atoms with Gasteiger partial charge in [-0.25, -0.2) is 0 Å². The fourth-order valence-corrected chi connectivity index (χ4v) is 3.01. The molecule has 0 saturated carbocycles. The van der Waals surface area contributed by atoms with Crippen LogP contribution < -0.4 is 5.32 Å². The van der Waals surface area contributed by atoms with Gasteiger partial charge in [-0.15, -0.1) is 0 Å². The highest BCUT2D eigenvalue weighted by Gasteiger charge is 2.18. The van der Waals surface area contributed by atoms with E-state index in [4.69, 9.17) is 0 Å². The van der Waals surface area contributed by atoms with Crippen molar-refractivity contribution in [1.29, 1.82) is 0 Å². The van der Waals surface area contributed by atoms with Crippen LogP contribution in [0.2, 0.25) is 0 Å². The smallest absolute Gasteiger partial charge is 0.0457 e. The molecule has 1 aromatic heterocycles. The SMILES string of the molecule is CC(C)(C)c1ccc2[nH]cc(C[C@H]3CCCN3)c2c1. The van der Waals surface area contributed by atoms with Gasteiger partial charge in [0.1, 0.15) is 0 Å². The average molecular weight is 256 g/mol. The van der Waals surface area contributed by atoms with E-state index in [2.05, 4.69) is 55.5 Å². The molecule has 3 rings (SSSR count). The van der Waals surface area contributed by atoms with Crippen molar-refractivity contribution < 1.29 is 0 Å². The first-order valence-corrected chi connectivity index (χ1v) is 7.38. The van der Waals surface area contributed by atoms with Crippen molar-refractivity contribution in [3.05, 3.63) is 35.5 Å². The molecular weight excluding hydrogens is 232 g/mol. The van der Waals surface area contributed by atoms with E-state index in [1.807, 2.05) is 0 Å². The number of rotatable bonds is 2. The number of fused-ring (bicyclic) bond motifs is 1. The Labute approximate surface area is 115 Å². The summed E-state index contributed by atoms with van der Waals surface area (Å²) in [6.07, 6.45) is 5.97. The molecule has 2 heteroatoms. The van der Waals surface area contributed by atoms with Gasteiger partial charge >= 0.3 is 0 Å². The summed E-state index contributed by atoms with van der Waals surface area (Å²) in [6.45, 7) is 8.01. The van der Waals surface area contributed by atoms with Crippen LogP contribution in [0.4, 0.5) is 0 Å². The monoisotopic (exact) mass is 256 g/mol. The standard InChI is InChI=1S/C17H24N2/c1-17(2,3)13-6-7-16-15(10-13)12(11-19-16)9-14-5-4-8-18-14/h6-7,10-11,14,18-19H,4-5,8-9H2,1-3H3/t14-/m1/s1. The molecule has 2 N–H and O–H groups in total. The molecule has 0 spiro atoms. The highest BCUT2D eigenvalue weighted by molar-refractivity contribution is 5.84. The summed E-state index contributed by atoms with van der Waals surface area (Å²) in [5, 5.41) is 4.99. The van der Waals surface area contributed by atoms with Gasteiger partial charge in [-0.05, 0) is 54.5 Å². The fourth-order valence-electron chi connectivity index (χ4n) is 3.01. The van der Waals surface area contributed by atoms with Crippen LogP contribution in [0, 0.1) is 0 Å². The number of nitrogens with one attached hydrogen (secondary N) is 2. The highest BCUT2D eigenvalue weighted by Crippen LogP contribution is 2.28. The maximum atomic E-state index is 3.59. The molecule has 1 saturated heterocycles. The first-order chi connectivity index (χ1) is 9.04. The van der Waals surface area contributed by atoms with E-state index in [0.29, 0.717) is 6.04 Å². The van der Waals surface area contributed by atoms with Crippen molar-refractivity contribution >= 4 is 10.9 Å². The van der Waals surface area contributed by atoms with E-state index < -0.39 is 0 Å². The summed E-state index contributed by atoms with van der Waals surface area (Å²) in [4.78, 5) is 3.41. The number of hydrogen-bond donors (Lipinski definition) is 2. The number of hydrogen-bond acceptors (Lipinski definition) is 1. The molecular formula is C17H24N2. The molecule has 0 aliphatic carbocycles. The number of aromatic amines is 1. The van der Waals surface area contributed by atoms with Crippen LogP contribution in [0.1, 0.15) is 44.7 Å². The molecule has 1 atom stereocenters. The molecule has 1 aliphatic rings. The quantitative estimate of drug-likeness (QED) is 0.841. The second kappa shape index (κ2) is 4.68. The van der Waals surface area contributed by atoms with Gasteiger partial charge in [0.25, 0.3) is 0 Å². The van der Waals surface area contributed by atoms with E-state index in [1.165, 1.54) is 41.4 Å². The molecule has 0 unspecified atom stereocenters. The van der Waals surface area contributed by atoms with Gasteiger partial charge in [0.05, 0.1) is 0 Å². The molecule has 0 radical (unpaired) electrons. The van der Waals surface area contributed by atoms with Crippen LogP contribution in [-0.2, 0) is 11.8 Å². The average Bonchev–Trinajstić information content (AvgIpc) is 2.98. The van der Waals surface area contributed by atoms with Gasteiger partial charge in [-0.2, -0.15) is 0 Å². The predicted molar refractivity (Wildman–Crippen MR) is 81.7 cm³/mol. The van der Waals surface area contributed by atoms with Crippen LogP contribution in [0.25, 0.3) is 10.9 Å². The zero-order valence-corrected chi connectivity index (χ0v) is 12.2. The summed E-state index contributed by atoms with van der Waals surface area (Å²) >= 11 is 0. The molecule has 102 valence electrons. The van der Waals surface area contributed by atoms with Gasteiger partial charge in [-0.1, -0.05) is 26.8 Å². The Bertz CT molecular complexity index is 568. The summed E-state index contributed by atoms with van der Waals surface area (Å²) < 4.78 is 0. The van der Waals surface area contributed by atoms with Crippen molar-refractivity contribution in [3.63, 3.8) is 0 Å². The lowest BCUT2D eigenvalue weighted by atomic mass is 9.86. The van der Waals surface area contributed by atoms with Crippen molar-refractivity contribution in [2.24, 2.45) is 0 Å². The summed E-state index contributed by atoms with van der Waals surface area (Å²) in [5.74, 6) is 0. The third-order valence-corrected chi connectivity index (χ3v) is 4.26. The number of benzene rings is 1. The van der Waals surface area contributed by atoms with Gasteiger partial charge in [0.15, 0.2) is 0 Å². The third-order valence-electron chi connectivity index (χ3n) is 4.26. The Morgan fingerprint density at radius 3 is 2.79 bits per heavy atom. The Balaban J connectivity index is 1.95. The van der Waals surface area contributed by atoms with E-state index in [1.54, 1.807) is 0 Å². The molecule has 2 aromatic rings. The van der Waals surface area contributed by atoms with E-state index in [9.17, 15) is 0 Å². The van der Waals surface area contributed by atoms with E-state index >= 15 is 0 Å². The summed E-state index contributed by atoms with van der Waals surface area (Å²) in [5.41, 5.74) is 4.36. The zero-order valence-electron chi connectivity index (χ0n) is 12.2. The van der Waals surface area contributed by atoms with Crippen LogP contribution >= 0.6 is 0 Å². The summed E-state index contributed by atoms with van der Waals surface area (Å²) in [6, 6.07) is 7.51. The molecule has 1 aliphatic heterocycles. The lowest BCUT2D eigenvalue weighted by Crippen LogP contribution is -2.23. The van der Waals surface area contributed by atoms with Gasteiger partial charge in [0.2, 0.25) is 0 Å². The second-order valence-electron chi connectivity index (χ2n) is 6.82. The minimum atomic E-state index is 0.217. The van der Waals surface area contributed by atoms with E-state index in [0.717, 1.165) is 6.42 Å². The third kappa shape index (κ3) is 2.55. The van der Waals surface area contributed by atoms with E-state index in [-0.39, 0.29) is 5.41 Å². The molecule has 2 nitrogen and oxygen atoms in total. The maximum Gasteiger partial charge on any atom is 0.0457 e. The second-order valence-corrected chi connectivity index (χ2v) is 6.82. The lowest BCUT2D eigenvalue weighted by molar-refractivity contribution is 0.590. The van der Waals surface area contributed by atoms with Crippen LogP contribution in [0.3, 0.4) is 0 Å². The zero-order chi connectivity index (χ0) is 13.5. The van der Waals surface area contributed by atoms with Crippen molar-refractivity contribution in [1.82, 2.24) is 10.3 Å². The molecule has 19 heavy (non-hydrogen) atoms. The van der Waals surface area contributed by atoms with Crippen LogP contribution in [-0.4, -0.2) is 17.6 Å². The van der Waals surface area contributed by atoms with Crippen molar-refractivity contribution in [2.75, 3.05) is 6.54 Å². The largest absolute Gasteiger partial charge is 0.361 e. The first kappa shape index (κ1) is 12.7. The topological polar surface area (TPSA) is 27.8 Å². The number of aromatic nitrogens is 1. The molecule has 0 amide bonds. The van der Waals surface area contributed by atoms with Crippen molar-refractivity contribution in [2.45, 2.75) is 51.5 Å². The maximum absolute atomic E-state index is 3.59. The van der Waals surface area contributed by atoms with Crippen LogP contribution in [0.5, 0.6) is 0 Å². The lowest BCUT2D eigenvalue weighted by Gasteiger charge is -2.19. The molecule has 1 fully saturated rings. The van der Waals surface area contributed by atoms with Gasteiger partial charge < -0.3 is 10.3 Å². The number of H-pyrrole nitrogens is 1. The highest BCUT2D eigenvalue weighted by atomic mass is 14.9. The normalized spacial score (nSPS) is 20.3. The molecule has 0 bridgehead atoms. The summed E-state index contributed by atoms with van der Waals surface area (Å²) in [7, 11) is 0. The predicted octanol–water partition coefficient (Wildman–Crippen LogP) is 3.76.